The van der Waals surface area contributed by atoms with Crippen molar-refractivity contribution < 1.29 is 23.5 Å². The fraction of sp³-hybridized carbons (Fsp3) is 0.318. The largest absolute Gasteiger partial charge is 0.496 e. The van der Waals surface area contributed by atoms with Crippen LogP contribution in [0.15, 0.2) is 41.3 Å². The lowest BCUT2D eigenvalue weighted by Gasteiger charge is -2.32. The van der Waals surface area contributed by atoms with E-state index >= 15 is 0 Å². The number of imide groups is 1. The number of anilines is 1. The molecule has 2 aliphatic heterocycles. The van der Waals surface area contributed by atoms with Gasteiger partial charge in [-0.2, -0.15) is 0 Å². The number of carbonyl (C=O) groups is 3. The molecule has 2 aromatic rings. The van der Waals surface area contributed by atoms with Gasteiger partial charge in [0.15, 0.2) is 0 Å². The number of amides is 4. The van der Waals surface area contributed by atoms with E-state index in [2.05, 4.69) is 5.32 Å². The van der Waals surface area contributed by atoms with E-state index in [1.54, 1.807) is 23.9 Å². The lowest BCUT2D eigenvalue weighted by molar-refractivity contribution is -0.120. The molecular formula is C22H21ClFN3O4S. The van der Waals surface area contributed by atoms with Crippen LogP contribution in [-0.2, 0) is 4.79 Å². The van der Waals surface area contributed by atoms with E-state index in [0.717, 1.165) is 15.9 Å². The molecule has 0 aliphatic carbocycles. The summed E-state index contributed by atoms with van der Waals surface area (Å²) in [5.74, 6) is -0.875. The van der Waals surface area contributed by atoms with Crippen LogP contribution in [0.5, 0.6) is 5.75 Å². The zero-order chi connectivity index (χ0) is 23.0. The number of methoxy groups -OCH3 is 1. The predicted octanol–water partition coefficient (Wildman–Crippen LogP) is 3.94. The highest BCUT2D eigenvalue weighted by Gasteiger charge is 2.48. The summed E-state index contributed by atoms with van der Waals surface area (Å²) in [6.07, 6.45) is 2.73. The van der Waals surface area contributed by atoms with Gasteiger partial charge in [-0.3, -0.25) is 9.59 Å². The van der Waals surface area contributed by atoms with Gasteiger partial charge in [0.1, 0.15) is 17.6 Å². The summed E-state index contributed by atoms with van der Waals surface area (Å²) in [6.45, 7) is 0.314. The van der Waals surface area contributed by atoms with Gasteiger partial charge in [0.2, 0.25) is 0 Å². The molecule has 2 aromatic carbocycles. The first kappa shape index (κ1) is 22.4. The molecule has 0 saturated carbocycles. The van der Waals surface area contributed by atoms with Crippen molar-refractivity contribution in [2.75, 3.05) is 24.8 Å². The van der Waals surface area contributed by atoms with Crippen LogP contribution < -0.4 is 15.0 Å². The van der Waals surface area contributed by atoms with E-state index < -0.39 is 23.8 Å². The number of ether oxygens (including phenoxy) is 1. The van der Waals surface area contributed by atoms with Gasteiger partial charge in [0.05, 0.1) is 23.4 Å². The summed E-state index contributed by atoms with van der Waals surface area (Å²) < 4.78 is 18.9. The zero-order valence-corrected chi connectivity index (χ0v) is 19.0. The summed E-state index contributed by atoms with van der Waals surface area (Å²) in [6, 6.07) is 7.61. The van der Waals surface area contributed by atoms with Crippen LogP contribution >= 0.6 is 23.4 Å². The van der Waals surface area contributed by atoms with Crippen molar-refractivity contribution in [1.82, 2.24) is 10.2 Å². The third kappa shape index (κ3) is 4.02. The zero-order valence-electron chi connectivity index (χ0n) is 17.4. The number of carbonyl (C=O) groups excluding carboxylic acids is 3. The lowest BCUT2D eigenvalue weighted by atomic mass is 9.97. The molecule has 2 atom stereocenters. The highest BCUT2D eigenvalue weighted by atomic mass is 35.5. The Balaban J connectivity index is 1.49. The molecule has 7 nitrogen and oxygen atoms in total. The van der Waals surface area contributed by atoms with Gasteiger partial charge >= 0.3 is 6.03 Å². The van der Waals surface area contributed by atoms with Crippen LogP contribution in [0.3, 0.4) is 0 Å². The number of nitrogens with one attached hydrogen (secondary N) is 1. The maximum absolute atomic E-state index is 13.5. The topological polar surface area (TPSA) is 79.0 Å². The van der Waals surface area contributed by atoms with Gasteiger partial charge in [0.25, 0.3) is 11.8 Å². The number of nitrogens with zero attached hydrogens (tertiary/aromatic N) is 2. The number of benzene rings is 2. The summed E-state index contributed by atoms with van der Waals surface area (Å²) in [5, 5.41) is 2.79. The second-order valence-corrected chi connectivity index (χ2v) is 8.81. The Kier molecular flexibility index (Phi) is 6.30. The van der Waals surface area contributed by atoms with Crippen molar-refractivity contribution in [1.29, 1.82) is 0 Å². The molecule has 168 valence electrons. The van der Waals surface area contributed by atoms with E-state index in [-0.39, 0.29) is 29.1 Å². The van der Waals surface area contributed by atoms with E-state index in [1.807, 2.05) is 12.3 Å². The molecule has 4 amide bonds. The van der Waals surface area contributed by atoms with Crippen LogP contribution in [-0.4, -0.2) is 54.7 Å². The number of hydrogen-bond acceptors (Lipinski definition) is 5. The Morgan fingerprint density at radius 1 is 1.25 bits per heavy atom. The smallest absolute Gasteiger partial charge is 0.332 e. The minimum atomic E-state index is -0.703. The number of fused-ring (bicyclic) bond motifs is 1. The quantitative estimate of drug-likeness (QED) is 0.521. The molecule has 0 radical (unpaired) electrons. The fourth-order valence-corrected chi connectivity index (χ4v) is 4.65. The predicted molar refractivity (Wildman–Crippen MR) is 120 cm³/mol. The van der Waals surface area contributed by atoms with Gasteiger partial charge in [-0.05, 0) is 55.5 Å². The SMILES string of the molecule is COc1cc(SC)ccc1C(=O)N[C@H]1CCN2C(=O)N(c3ccc(F)c(Cl)c3)C(=O)[C@@H]2C1. The Morgan fingerprint density at radius 3 is 2.72 bits per heavy atom. The van der Waals surface area contributed by atoms with Crippen LogP contribution in [0, 0.1) is 5.82 Å². The average molecular weight is 478 g/mol. The van der Waals surface area contributed by atoms with Crippen LogP contribution in [0.25, 0.3) is 0 Å². The van der Waals surface area contributed by atoms with E-state index in [0.29, 0.717) is 24.3 Å². The Morgan fingerprint density at radius 2 is 2.03 bits per heavy atom. The fourth-order valence-electron chi connectivity index (χ4n) is 4.04. The monoisotopic (exact) mass is 477 g/mol. The molecule has 32 heavy (non-hydrogen) atoms. The molecule has 2 saturated heterocycles. The lowest BCUT2D eigenvalue weighted by Crippen LogP contribution is -2.49. The molecular weight excluding hydrogens is 457 g/mol. The summed E-state index contributed by atoms with van der Waals surface area (Å²) in [5.41, 5.74) is 0.629. The van der Waals surface area contributed by atoms with Crippen molar-refractivity contribution in [3.8, 4) is 5.75 Å². The molecule has 4 rings (SSSR count). The minimum Gasteiger partial charge on any atom is -0.496 e. The number of thioether (sulfide) groups is 1. The van der Waals surface area contributed by atoms with Crippen LogP contribution in [0.2, 0.25) is 5.02 Å². The molecule has 10 heteroatoms. The van der Waals surface area contributed by atoms with Gasteiger partial charge in [-0.25, -0.2) is 14.1 Å². The first-order chi connectivity index (χ1) is 15.3. The van der Waals surface area contributed by atoms with Crippen molar-refractivity contribution in [3.63, 3.8) is 0 Å². The second kappa shape index (κ2) is 8.99. The average Bonchev–Trinajstić information content (AvgIpc) is 3.04. The third-order valence-electron chi connectivity index (χ3n) is 5.69. The molecule has 2 heterocycles. The Bertz CT molecular complexity index is 1100. The molecule has 0 unspecified atom stereocenters. The summed E-state index contributed by atoms with van der Waals surface area (Å²) in [4.78, 5) is 42.2. The van der Waals surface area contributed by atoms with Gasteiger partial charge in [-0.15, -0.1) is 11.8 Å². The Hall–Kier alpha value is -2.78. The molecule has 2 fully saturated rings. The second-order valence-electron chi connectivity index (χ2n) is 7.52. The number of halogens is 2. The number of piperidine rings is 1. The molecule has 2 aliphatic rings. The number of rotatable bonds is 5. The van der Waals surface area contributed by atoms with Crippen molar-refractivity contribution in [2.24, 2.45) is 0 Å². The number of hydrogen-bond donors (Lipinski definition) is 1. The molecule has 1 N–H and O–H groups in total. The van der Waals surface area contributed by atoms with Gasteiger partial charge < -0.3 is 15.0 Å². The van der Waals surface area contributed by atoms with E-state index in [1.165, 1.54) is 24.1 Å². The molecule has 0 bridgehead atoms. The standard InChI is InChI=1S/C22H21ClFN3O4S/c1-31-19-11-14(32-2)4-5-15(19)20(28)25-12-7-8-26-18(9-12)21(29)27(22(26)30)13-3-6-17(24)16(23)10-13/h3-6,10-12,18H,7-9H2,1-2H3,(H,25,28)/t12-,18-/m0/s1. The van der Waals surface area contributed by atoms with Crippen molar-refractivity contribution in [2.45, 2.75) is 29.8 Å². The van der Waals surface area contributed by atoms with Crippen LogP contribution in [0.4, 0.5) is 14.9 Å². The molecule has 0 spiro atoms. The van der Waals surface area contributed by atoms with Crippen LogP contribution in [0.1, 0.15) is 23.2 Å². The third-order valence-corrected chi connectivity index (χ3v) is 6.71. The first-order valence-electron chi connectivity index (χ1n) is 9.96. The van der Waals surface area contributed by atoms with Crippen molar-refractivity contribution >= 4 is 46.9 Å². The molecule has 0 aromatic heterocycles. The first-order valence-corrected chi connectivity index (χ1v) is 11.6. The highest BCUT2D eigenvalue weighted by molar-refractivity contribution is 7.98. The minimum absolute atomic E-state index is 0.167. The van der Waals surface area contributed by atoms with Gasteiger partial charge in [0, 0.05) is 17.5 Å². The Labute approximate surface area is 193 Å². The highest BCUT2D eigenvalue weighted by Crippen LogP contribution is 2.33. The van der Waals surface area contributed by atoms with Gasteiger partial charge in [-0.1, -0.05) is 11.6 Å². The number of urea groups is 1. The van der Waals surface area contributed by atoms with E-state index in [4.69, 9.17) is 16.3 Å². The summed E-state index contributed by atoms with van der Waals surface area (Å²) in [7, 11) is 1.51. The van der Waals surface area contributed by atoms with E-state index in [9.17, 15) is 18.8 Å². The summed E-state index contributed by atoms with van der Waals surface area (Å²) >= 11 is 7.37. The normalized spacial score (nSPS) is 20.4. The maximum atomic E-state index is 13.5. The maximum Gasteiger partial charge on any atom is 0.332 e. The van der Waals surface area contributed by atoms with Crippen molar-refractivity contribution in [3.05, 3.63) is 52.8 Å².